The number of benzene rings is 2. The van der Waals surface area contributed by atoms with Crippen LogP contribution in [0.5, 0.6) is 0 Å². The largest absolute Gasteiger partial charge is 0.351 e. The van der Waals surface area contributed by atoms with Crippen LogP contribution >= 0.6 is 0 Å². The number of carbonyl (C=O) groups excluding carboxylic acids is 2. The normalized spacial score (nSPS) is 14.2. The SMILES string of the molecule is Cc1c(F)cc(NC2=CC(=O)N(c3ccc(C(C)C)cc3)C2=O)cc1F. The number of rotatable bonds is 4. The van der Waals surface area contributed by atoms with Crippen molar-refractivity contribution in [2.75, 3.05) is 10.2 Å². The summed E-state index contributed by atoms with van der Waals surface area (Å²) in [6.45, 7) is 5.41. The highest BCUT2D eigenvalue weighted by atomic mass is 19.1. The molecule has 2 aromatic rings. The summed E-state index contributed by atoms with van der Waals surface area (Å²) in [5, 5.41) is 2.63. The minimum Gasteiger partial charge on any atom is -0.351 e. The summed E-state index contributed by atoms with van der Waals surface area (Å²) < 4.78 is 27.3. The summed E-state index contributed by atoms with van der Waals surface area (Å²) in [6, 6.07) is 9.28. The monoisotopic (exact) mass is 356 g/mol. The molecule has 2 amide bonds. The molecular formula is C20H18F2N2O2. The molecule has 0 saturated carbocycles. The van der Waals surface area contributed by atoms with Crippen LogP contribution in [0.25, 0.3) is 0 Å². The van der Waals surface area contributed by atoms with E-state index in [-0.39, 0.29) is 16.9 Å². The van der Waals surface area contributed by atoms with Crippen LogP contribution in [0.2, 0.25) is 0 Å². The van der Waals surface area contributed by atoms with Gasteiger partial charge in [-0.15, -0.1) is 0 Å². The maximum Gasteiger partial charge on any atom is 0.281 e. The van der Waals surface area contributed by atoms with E-state index in [2.05, 4.69) is 5.32 Å². The van der Waals surface area contributed by atoms with Crippen LogP contribution in [0.3, 0.4) is 0 Å². The van der Waals surface area contributed by atoms with Gasteiger partial charge in [-0.05, 0) is 42.7 Å². The highest BCUT2D eigenvalue weighted by Crippen LogP contribution is 2.26. The third-order valence-corrected chi connectivity index (χ3v) is 4.30. The molecule has 0 unspecified atom stereocenters. The van der Waals surface area contributed by atoms with E-state index in [1.165, 1.54) is 6.92 Å². The van der Waals surface area contributed by atoms with Gasteiger partial charge < -0.3 is 5.32 Å². The van der Waals surface area contributed by atoms with Crippen molar-refractivity contribution in [2.24, 2.45) is 0 Å². The first-order valence-corrected chi connectivity index (χ1v) is 8.20. The lowest BCUT2D eigenvalue weighted by Gasteiger charge is -2.16. The van der Waals surface area contributed by atoms with Gasteiger partial charge in [0.1, 0.15) is 17.3 Å². The lowest BCUT2D eigenvalue weighted by molar-refractivity contribution is -0.120. The Morgan fingerprint density at radius 3 is 2.12 bits per heavy atom. The Morgan fingerprint density at radius 1 is 1.00 bits per heavy atom. The molecule has 0 aromatic heterocycles. The average Bonchev–Trinajstić information content (AvgIpc) is 2.86. The van der Waals surface area contributed by atoms with E-state index >= 15 is 0 Å². The summed E-state index contributed by atoms with van der Waals surface area (Å²) in [5.41, 5.74) is 1.45. The first-order chi connectivity index (χ1) is 12.3. The molecule has 1 aliphatic heterocycles. The second kappa shape index (κ2) is 6.71. The van der Waals surface area contributed by atoms with E-state index < -0.39 is 23.4 Å². The molecule has 1 aliphatic rings. The molecule has 1 N–H and O–H groups in total. The molecule has 2 aromatic carbocycles. The Hall–Kier alpha value is -3.02. The number of anilines is 2. The maximum absolute atomic E-state index is 13.7. The van der Waals surface area contributed by atoms with E-state index in [0.29, 0.717) is 11.6 Å². The second-order valence-electron chi connectivity index (χ2n) is 6.47. The average molecular weight is 356 g/mol. The van der Waals surface area contributed by atoms with E-state index in [1.54, 1.807) is 12.1 Å². The Bertz CT molecular complexity index is 895. The van der Waals surface area contributed by atoms with Gasteiger partial charge >= 0.3 is 0 Å². The maximum atomic E-state index is 13.7. The van der Waals surface area contributed by atoms with E-state index in [4.69, 9.17) is 0 Å². The molecule has 0 atom stereocenters. The fourth-order valence-corrected chi connectivity index (χ4v) is 2.69. The van der Waals surface area contributed by atoms with Gasteiger partial charge in [-0.25, -0.2) is 13.7 Å². The molecule has 6 heteroatoms. The molecule has 0 fully saturated rings. The number of nitrogens with one attached hydrogen (secondary N) is 1. The third-order valence-electron chi connectivity index (χ3n) is 4.30. The molecule has 0 saturated heterocycles. The van der Waals surface area contributed by atoms with Crippen LogP contribution < -0.4 is 10.2 Å². The molecule has 26 heavy (non-hydrogen) atoms. The molecular weight excluding hydrogens is 338 g/mol. The van der Waals surface area contributed by atoms with Crippen molar-refractivity contribution in [2.45, 2.75) is 26.7 Å². The van der Waals surface area contributed by atoms with Gasteiger partial charge in [0.15, 0.2) is 0 Å². The Morgan fingerprint density at radius 2 is 1.58 bits per heavy atom. The smallest absolute Gasteiger partial charge is 0.281 e. The van der Waals surface area contributed by atoms with Crippen LogP contribution in [0.1, 0.15) is 30.9 Å². The first-order valence-electron chi connectivity index (χ1n) is 8.20. The Balaban J connectivity index is 1.83. The second-order valence-corrected chi connectivity index (χ2v) is 6.47. The number of amides is 2. The van der Waals surface area contributed by atoms with Crippen molar-refractivity contribution >= 4 is 23.2 Å². The molecule has 1 heterocycles. The minimum atomic E-state index is -0.731. The van der Waals surface area contributed by atoms with Crippen LogP contribution in [0, 0.1) is 18.6 Å². The van der Waals surface area contributed by atoms with Gasteiger partial charge in [-0.3, -0.25) is 9.59 Å². The molecule has 0 bridgehead atoms. The highest BCUT2D eigenvalue weighted by molar-refractivity contribution is 6.31. The molecule has 0 aliphatic carbocycles. The van der Waals surface area contributed by atoms with Crippen molar-refractivity contribution < 1.29 is 18.4 Å². The van der Waals surface area contributed by atoms with E-state index in [1.807, 2.05) is 26.0 Å². The Labute approximate surface area is 150 Å². The van der Waals surface area contributed by atoms with Crippen LogP contribution in [0.15, 0.2) is 48.2 Å². The predicted molar refractivity (Wildman–Crippen MR) is 95.8 cm³/mol. The zero-order chi connectivity index (χ0) is 19.0. The minimum absolute atomic E-state index is 0.0365. The molecule has 0 radical (unpaired) electrons. The lowest BCUT2D eigenvalue weighted by atomic mass is 10.0. The number of nitrogens with zero attached hydrogens (tertiary/aromatic N) is 1. The van der Waals surface area contributed by atoms with E-state index in [0.717, 1.165) is 28.7 Å². The molecule has 3 rings (SSSR count). The zero-order valence-electron chi connectivity index (χ0n) is 14.6. The van der Waals surface area contributed by atoms with Crippen LogP contribution in [-0.4, -0.2) is 11.8 Å². The standard InChI is InChI=1S/C20H18F2N2O2/c1-11(2)13-4-6-15(7-5-13)24-19(25)10-18(20(24)26)23-14-8-16(21)12(3)17(22)9-14/h4-11,23H,1-3H3. The highest BCUT2D eigenvalue weighted by Gasteiger charge is 2.32. The van der Waals surface area contributed by atoms with Gasteiger partial charge in [0.25, 0.3) is 11.8 Å². The van der Waals surface area contributed by atoms with Crippen LogP contribution in [0.4, 0.5) is 20.2 Å². The lowest BCUT2D eigenvalue weighted by Crippen LogP contribution is -2.31. The van der Waals surface area contributed by atoms with Gasteiger partial charge in [-0.1, -0.05) is 26.0 Å². The number of hydrogen-bond acceptors (Lipinski definition) is 3. The molecule has 4 nitrogen and oxygen atoms in total. The summed E-state index contributed by atoms with van der Waals surface area (Å²) in [4.78, 5) is 25.8. The Kier molecular flexibility index (Phi) is 4.59. The summed E-state index contributed by atoms with van der Waals surface area (Å²) >= 11 is 0. The fourth-order valence-electron chi connectivity index (χ4n) is 2.69. The van der Waals surface area contributed by atoms with Gasteiger partial charge in [-0.2, -0.15) is 0 Å². The summed E-state index contributed by atoms with van der Waals surface area (Å²) in [5.74, 6) is -2.22. The summed E-state index contributed by atoms with van der Waals surface area (Å²) in [7, 11) is 0. The van der Waals surface area contributed by atoms with Crippen molar-refractivity contribution in [3.8, 4) is 0 Å². The van der Waals surface area contributed by atoms with Gasteiger partial charge in [0.2, 0.25) is 0 Å². The van der Waals surface area contributed by atoms with Gasteiger partial charge in [0, 0.05) is 17.3 Å². The zero-order valence-corrected chi connectivity index (χ0v) is 14.6. The number of imide groups is 1. The number of carbonyl (C=O) groups is 2. The fraction of sp³-hybridized carbons (Fsp3) is 0.200. The number of hydrogen-bond donors (Lipinski definition) is 1. The number of halogens is 2. The summed E-state index contributed by atoms with van der Waals surface area (Å²) in [6.07, 6.45) is 1.12. The van der Waals surface area contributed by atoms with E-state index in [9.17, 15) is 18.4 Å². The van der Waals surface area contributed by atoms with Crippen LogP contribution in [-0.2, 0) is 9.59 Å². The predicted octanol–water partition coefficient (Wildman–Crippen LogP) is 4.27. The van der Waals surface area contributed by atoms with Crippen molar-refractivity contribution in [3.05, 3.63) is 70.9 Å². The molecule has 134 valence electrons. The van der Waals surface area contributed by atoms with Crippen molar-refractivity contribution in [3.63, 3.8) is 0 Å². The van der Waals surface area contributed by atoms with Crippen molar-refractivity contribution in [1.29, 1.82) is 0 Å². The van der Waals surface area contributed by atoms with Crippen molar-refractivity contribution in [1.82, 2.24) is 0 Å². The van der Waals surface area contributed by atoms with Gasteiger partial charge in [0.05, 0.1) is 5.69 Å². The topological polar surface area (TPSA) is 49.4 Å². The molecule has 0 spiro atoms. The third kappa shape index (κ3) is 3.22. The first kappa shape index (κ1) is 17.8. The quantitative estimate of drug-likeness (QED) is 0.833.